The van der Waals surface area contributed by atoms with Gasteiger partial charge in [-0.3, -0.25) is 0 Å². The highest BCUT2D eigenvalue weighted by Crippen LogP contribution is 2.37. The lowest BCUT2D eigenvalue weighted by molar-refractivity contribution is 0.628. The van der Waals surface area contributed by atoms with Crippen LogP contribution in [0.4, 0.5) is 15.9 Å². The van der Waals surface area contributed by atoms with Crippen LogP contribution in [0.5, 0.6) is 0 Å². The monoisotopic (exact) mass is 413 g/mol. The zero-order valence-electron chi connectivity index (χ0n) is 13.3. The SMILES string of the molecule is Cc1ccc(Nc2ncnc3scc(-c4ccc(F)cc4)c23)cc1Br. The van der Waals surface area contributed by atoms with Gasteiger partial charge in [-0.2, -0.15) is 0 Å². The Bertz CT molecular complexity index is 1060. The number of thiophene rings is 1. The van der Waals surface area contributed by atoms with Crippen molar-refractivity contribution < 1.29 is 4.39 Å². The maximum Gasteiger partial charge on any atom is 0.143 e. The topological polar surface area (TPSA) is 37.8 Å². The number of nitrogens with zero attached hydrogens (tertiary/aromatic N) is 2. The van der Waals surface area contributed by atoms with E-state index in [0.29, 0.717) is 0 Å². The van der Waals surface area contributed by atoms with Crippen LogP contribution in [0.1, 0.15) is 5.56 Å². The average Bonchev–Trinajstić information content (AvgIpc) is 3.04. The number of hydrogen-bond donors (Lipinski definition) is 1. The first-order valence-corrected chi connectivity index (χ1v) is 9.30. The van der Waals surface area contributed by atoms with Crippen molar-refractivity contribution in [2.24, 2.45) is 0 Å². The number of aromatic nitrogens is 2. The standard InChI is InChI=1S/C19H13BrFN3S/c1-11-2-7-14(8-16(11)20)24-18-17-15(9-25-19(17)23-10-22-18)12-3-5-13(21)6-4-12/h2-10H,1H3,(H,22,23,24). The van der Waals surface area contributed by atoms with Gasteiger partial charge in [0.25, 0.3) is 0 Å². The molecule has 25 heavy (non-hydrogen) atoms. The smallest absolute Gasteiger partial charge is 0.143 e. The second-order valence-corrected chi connectivity index (χ2v) is 7.36. The molecule has 124 valence electrons. The summed E-state index contributed by atoms with van der Waals surface area (Å²) in [7, 11) is 0. The van der Waals surface area contributed by atoms with Crippen molar-refractivity contribution in [3.63, 3.8) is 0 Å². The quantitative estimate of drug-likeness (QED) is 0.427. The van der Waals surface area contributed by atoms with Crippen molar-refractivity contribution in [2.45, 2.75) is 6.92 Å². The van der Waals surface area contributed by atoms with Gasteiger partial charge in [0.2, 0.25) is 0 Å². The van der Waals surface area contributed by atoms with E-state index < -0.39 is 0 Å². The summed E-state index contributed by atoms with van der Waals surface area (Å²) in [6, 6.07) is 12.6. The number of anilines is 2. The van der Waals surface area contributed by atoms with Gasteiger partial charge >= 0.3 is 0 Å². The summed E-state index contributed by atoms with van der Waals surface area (Å²) in [6.07, 6.45) is 1.55. The van der Waals surface area contributed by atoms with Crippen molar-refractivity contribution >= 4 is 49.0 Å². The number of aryl methyl sites for hydroxylation is 1. The van der Waals surface area contributed by atoms with Crippen LogP contribution in [0.25, 0.3) is 21.3 Å². The molecule has 0 bridgehead atoms. The van der Waals surface area contributed by atoms with Gasteiger partial charge in [-0.25, -0.2) is 14.4 Å². The fourth-order valence-corrected chi connectivity index (χ4v) is 3.91. The van der Waals surface area contributed by atoms with E-state index in [1.807, 2.05) is 30.5 Å². The molecule has 0 amide bonds. The average molecular weight is 414 g/mol. The maximum atomic E-state index is 13.2. The molecule has 0 saturated carbocycles. The largest absolute Gasteiger partial charge is 0.340 e. The maximum absolute atomic E-state index is 13.2. The van der Waals surface area contributed by atoms with Gasteiger partial charge in [-0.05, 0) is 42.3 Å². The van der Waals surface area contributed by atoms with Gasteiger partial charge in [0.05, 0.1) is 5.39 Å². The molecule has 0 atom stereocenters. The van der Waals surface area contributed by atoms with Gasteiger partial charge < -0.3 is 5.32 Å². The number of benzene rings is 2. The van der Waals surface area contributed by atoms with Crippen molar-refractivity contribution in [3.8, 4) is 11.1 Å². The Morgan fingerprint density at radius 3 is 2.64 bits per heavy atom. The highest BCUT2D eigenvalue weighted by molar-refractivity contribution is 9.10. The molecule has 0 aliphatic heterocycles. The van der Waals surface area contributed by atoms with E-state index in [9.17, 15) is 4.39 Å². The highest BCUT2D eigenvalue weighted by Gasteiger charge is 2.13. The Morgan fingerprint density at radius 2 is 1.88 bits per heavy atom. The second kappa shape index (κ2) is 6.54. The zero-order valence-corrected chi connectivity index (χ0v) is 15.7. The summed E-state index contributed by atoms with van der Waals surface area (Å²) in [4.78, 5) is 9.68. The van der Waals surface area contributed by atoms with Crippen molar-refractivity contribution in [3.05, 3.63) is 70.0 Å². The Hall–Kier alpha value is -2.31. The lowest BCUT2D eigenvalue weighted by Gasteiger charge is -2.10. The minimum atomic E-state index is -0.248. The van der Waals surface area contributed by atoms with E-state index in [2.05, 4.69) is 31.2 Å². The van der Waals surface area contributed by atoms with Crippen LogP contribution in [0.15, 0.2) is 58.6 Å². The van der Waals surface area contributed by atoms with Crippen molar-refractivity contribution in [2.75, 3.05) is 5.32 Å². The number of nitrogens with one attached hydrogen (secondary N) is 1. The lowest BCUT2D eigenvalue weighted by atomic mass is 10.1. The minimum Gasteiger partial charge on any atom is -0.340 e. The number of rotatable bonds is 3. The first-order chi connectivity index (χ1) is 12.1. The van der Waals surface area contributed by atoms with E-state index in [-0.39, 0.29) is 5.82 Å². The molecule has 0 aliphatic rings. The third kappa shape index (κ3) is 3.15. The summed E-state index contributed by atoms with van der Waals surface area (Å²) in [5.74, 6) is 0.490. The van der Waals surface area contributed by atoms with Crippen molar-refractivity contribution in [1.29, 1.82) is 0 Å². The van der Waals surface area contributed by atoms with Crippen LogP contribution in [0, 0.1) is 12.7 Å². The van der Waals surface area contributed by atoms with Crippen LogP contribution in [0.3, 0.4) is 0 Å². The molecule has 2 heterocycles. The number of halogens is 2. The van der Waals surface area contributed by atoms with E-state index >= 15 is 0 Å². The minimum absolute atomic E-state index is 0.248. The summed E-state index contributed by atoms with van der Waals surface area (Å²) in [5, 5.41) is 6.35. The van der Waals surface area contributed by atoms with Crippen LogP contribution < -0.4 is 5.32 Å². The first-order valence-electron chi connectivity index (χ1n) is 7.63. The summed E-state index contributed by atoms with van der Waals surface area (Å²) < 4.78 is 14.3. The van der Waals surface area contributed by atoms with E-state index in [0.717, 1.165) is 37.3 Å². The molecule has 2 aromatic carbocycles. The second-order valence-electron chi connectivity index (χ2n) is 5.65. The highest BCUT2D eigenvalue weighted by atomic mass is 79.9. The predicted octanol–water partition coefficient (Wildman–Crippen LogP) is 6.31. The molecule has 0 fully saturated rings. The van der Waals surface area contributed by atoms with Gasteiger partial charge in [-0.1, -0.05) is 34.1 Å². The molecule has 0 spiro atoms. The third-order valence-corrected chi connectivity index (χ3v) is 5.70. The Balaban J connectivity index is 1.82. The predicted molar refractivity (Wildman–Crippen MR) is 105 cm³/mol. The molecule has 0 saturated heterocycles. The molecule has 0 unspecified atom stereocenters. The molecule has 3 nitrogen and oxygen atoms in total. The molecule has 2 aromatic heterocycles. The zero-order chi connectivity index (χ0) is 17.4. The third-order valence-electron chi connectivity index (χ3n) is 3.96. The molecule has 4 aromatic rings. The van der Waals surface area contributed by atoms with E-state index in [1.54, 1.807) is 29.8 Å². The number of fused-ring (bicyclic) bond motifs is 1. The number of hydrogen-bond acceptors (Lipinski definition) is 4. The fraction of sp³-hybridized carbons (Fsp3) is 0.0526. The lowest BCUT2D eigenvalue weighted by Crippen LogP contribution is -1.96. The fourth-order valence-electron chi connectivity index (χ4n) is 2.62. The van der Waals surface area contributed by atoms with Crippen LogP contribution in [0.2, 0.25) is 0 Å². The van der Waals surface area contributed by atoms with Gasteiger partial charge in [0.15, 0.2) is 0 Å². The van der Waals surface area contributed by atoms with E-state index in [1.165, 1.54) is 17.7 Å². The van der Waals surface area contributed by atoms with E-state index in [4.69, 9.17) is 0 Å². The molecule has 0 aliphatic carbocycles. The molecule has 6 heteroatoms. The Morgan fingerprint density at radius 1 is 1.08 bits per heavy atom. The molecule has 1 N–H and O–H groups in total. The van der Waals surface area contributed by atoms with Gasteiger partial charge in [0, 0.05) is 21.1 Å². The summed E-state index contributed by atoms with van der Waals surface area (Å²) in [5.41, 5.74) is 4.04. The normalized spacial score (nSPS) is 11.0. The van der Waals surface area contributed by atoms with Crippen LogP contribution in [-0.2, 0) is 0 Å². The molecule has 0 radical (unpaired) electrons. The van der Waals surface area contributed by atoms with Crippen LogP contribution in [-0.4, -0.2) is 9.97 Å². The van der Waals surface area contributed by atoms with Crippen molar-refractivity contribution in [1.82, 2.24) is 9.97 Å². The molecular weight excluding hydrogens is 401 g/mol. The van der Waals surface area contributed by atoms with Gasteiger partial charge in [-0.15, -0.1) is 11.3 Å². The summed E-state index contributed by atoms with van der Waals surface area (Å²) >= 11 is 5.10. The van der Waals surface area contributed by atoms with Crippen LogP contribution >= 0.6 is 27.3 Å². The molecular formula is C19H13BrFN3S. The first kappa shape index (κ1) is 16.2. The Labute approximate surface area is 156 Å². The Kier molecular flexibility index (Phi) is 4.23. The van der Waals surface area contributed by atoms with Gasteiger partial charge in [0.1, 0.15) is 22.8 Å². The molecule has 4 rings (SSSR count). The summed E-state index contributed by atoms with van der Waals surface area (Å²) in [6.45, 7) is 2.04.